The average molecular weight is 246 g/mol. The molecule has 0 heterocycles. The van der Waals surface area contributed by atoms with E-state index >= 15 is 0 Å². The molecule has 4 heteroatoms. The molecule has 0 bridgehead atoms. The standard InChI is InChI=1S/C14H18N2O2/c1-3-8-15-14(18)16-13-7-6-11(2)10-12(13)5-4-9-17/h6-7,10,17H,3,8-9H2,1-2H3,(H2,15,16,18). The second-order valence-electron chi connectivity index (χ2n) is 3.89. The van der Waals surface area contributed by atoms with Crippen molar-refractivity contribution in [2.45, 2.75) is 20.3 Å². The van der Waals surface area contributed by atoms with Gasteiger partial charge >= 0.3 is 6.03 Å². The third-order valence-corrected chi connectivity index (χ3v) is 2.26. The molecule has 0 aliphatic carbocycles. The number of aliphatic hydroxyl groups is 1. The summed E-state index contributed by atoms with van der Waals surface area (Å²) in [7, 11) is 0. The maximum absolute atomic E-state index is 11.6. The van der Waals surface area contributed by atoms with E-state index in [1.54, 1.807) is 0 Å². The van der Waals surface area contributed by atoms with Crippen molar-refractivity contribution in [1.29, 1.82) is 0 Å². The van der Waals surface area contributed by atoms with Gasteiger partial charge in [-0.25, -0.2) is 4.79 Å². The number of nitrogens with one attached hydrogen (secondary N) is 2. The number of carbonyl (C=O) groups is 1. The molecule has 2 amide bonds. The van der Waals surface area contributed by atoms with Crippen molar-refractivity contribution in [2.75, 3.05) is 18.5 Å². The summed E-state index contributed by atoms with van der Waals surface area (Å²) >= 11 is 0. The van der Waals surface area contributed by atoms with Crippen LogP contribution >= 0.6 is 0 Å². The van der Waals surface area contributed by atoms with E-state index in [2.05, 4.69) is 22.5 Å². The lowest BCUT2D eigenvalue weighted by Crippen LogP contribution is -2.29. The van der Waals surface area contributed by atoms with E-state index in [4.69, 9.17) is 5.11 Å². The second kappa shape index (κ2) is 7.36. The number of hydrogen-bond donors (Lipinski definition) is 3. The molecule has 18 heavy (non-hydrogen) atoms. The minimum atomic E-state index is -0.243. The fraction of sp³-hybridized carbons (Fsp3) is 0.357. The molecule has 1 aromatic carbocycles. The zero-order chi connectivity index (χ0) is 13.4. The molecule has 0 fully saturated rings. The number of urea groups is 1. The van der Waals surface area contributed by atoms with Gasteiger partial charge in [0.05, 0.1) is 5.69 Å². The first-order chi connectivity index (χ1) is 8.67. The molecular formula is C14H18N2O2. The van der Waals surface area contributed by atoms with Crippen LogP contribution in [0.3, 0.4) is 0 Å². The van der Waals surface area contributed by atoms with E-state index < -0.39 is 0 Å². The largest absolute Gasteiger partial charge is 0.384 e. The highest BCUT2D eigenvalue weighted by Crippen LogP contribution is 2.16. The van der Waals surface area contributed by atoms with Crippen LogP contribution in [-0.2, 0) is 0 Å². The Labute approximate surface area is 107 Å². The van der Waals surface area contributed by atoms with Gasteiger partial charge in [-0.3, -0.25) is 0 Å². The number of aryl methyl sites for hydroxylation is 1. The molecule has 0 radical (unpaired) electrons. The van der Waals surface area contributed by atoms with E-state index in [0.29, 0.717) is 17.8 Å². The van der Waals surface area contributed by atoms with Gasteiger partial charge in [0.25, 0.3) is 0 Å². The molecule has 0 saturated carbocycles. The van der Waals surface area contributed by atoms with Crippen molar-refractivity contribution in [3.05, 3.63) is 29.3 Å². The minimum Gasteiger partial charge on any atom is -0.384 e. The molecule has 1 aromatic rings. The van der Waals surface area contributed by atoms with E-state index in [-0.39, 0.29) is 12.6 Å². The van der Waals surface area contributed by atoms with Crippen LogP contribution in [0.5, 0.6) is 0 Å². The quantitative estimate of drug-likeness (QED) is 0.713. The predicted octanol–water partition coefficient (Wildman–Crippen LogP) is 1.87. The molecule has 0 aliphatic rings. The summed E-state index contributed by atoms with van der Waals surface area (Å²) in [5.41, 5.74) is 2.41. The van der Waals surface area contributed by atoms with Crippen LogP contribution in [0.4, 0.5) is 10.5 Å². The molecule has 1 rings (SSSR count). The lowest BCUT2D eigenvalue weighted by atomic mass is 10.1. The predicted molar refractivity (Wildman–Crippen MR) is 72.5 cm³/mol. The average Bonchev–Trinajstić information content (AvgIpc) is 2.36. The second-order valence-corrected chi connectivity index (χ2v) is 3.89. The van der Waals surface area contributed by atoms with Gasteiger partial charge in [-0.2, -0.15) is 0 Å². The SMILES string of the molecule is CCCNC(=O)Nc1ccc(C)cc1C#CCO. The molecule has 4 nitrogen and oxygen atoms in total. The zero-order valence-corrected chi connectivity index (χ0v) is 10.7. The molecule has 0 aliphatic heterocycles. The summed E-state index contributed by atoms with van der Waals surface area (Å²) in [5.74, 6) is 5.41. The molecule has 0 aromatic heterocycles. The van der Waals surface area contributed by atoms with Crippen LogP contribution in [-0.4, -0.2) is 24.3 Å². The number of benzene rings is 1. The van der Waals surface area contributed by atoms with Crippen molar-refractivity contribution in [2.24, 2.45) is 0 Å². The monoisotopic (exact) mass is 246 g/mol. The van der Waals surface area contributed by atoms with E-state index in [9.17, 15) is 4.79 Å². The third-order valence-electron chi connectivity index (χ3n) is 2.26. The Morgan fingerprint density at radius 3 is 2.89 bits per heavy atom. The number of amides is 2. The third kappa shape index (κ3) is 4.48. The summed E-state index contributed by atoms with van der Waals surface area (Å²) in [6.45, 7) is 4.38. The van der Waals surface area contributed by atoms with Crippen LogP contribution in [0, 0.1) is 18.8 Å². The van der Waals surface area contributed by atoms with Gasteiger partial charge in [-0.1, -0.05) is 24.8 Å². The molecule has 0 spiro atoms. The van der Waals surface area contributed by atoms with Crippen molar-refractivity contribution in [1.82, 2.24) is 5.32 Å². The molecule has 0 saturated heterocycles. The zero-order valence-electron chi connectivity index (χ0n) is 10.7. The Kier molecular flexibility index (Phi) is 5.75. The van der Waals surface area contributed by atoms with Crippen LogP contribution in [0.15, 0.2) is 18.2 Å². The summed E-state index contributed by atoms with van der Waals surface area (Å²) in [4.78, 5) is 11.6. The molecule has 3 N–H and O–H groups in total. The number of hydrogen-bond acceptors (Lipinski definition) is 2. The summed E-state index contributed by atoms with van der Waals surface area (Å²) in [5, 5.41) is 14.2. The van der Waals surface area contributed by atoms with E-state index in [1.807, 2.05) is 32.0 Å². The first-order valence-corrected chi connectivity index (χ1v) is 5.92. The van der Waals surface area contributed by atoms with Crippen molar-refractivity contribution in [3.8, 4) is 11.8 Å². The fourth-order valence-electron chi connectivity index (χ4n) is 1.41. The number of carbonyl (C=O) groups excluding carboxylic acids is 1. The van der Waals surface area contributed by atoms with Crippen LogP contribution in [0.25, 0.3) is 0 Å². The van der Waals surface area contributed by atoms with E-state index in [0.717, 1.165) is 12.0 Å². The molecular weight excluding hydrogens is 228 g/mol. The Balaban J connectivity index is 2.84. The highest BCUT2D eigenvalue weighted by molar-refractivity contribution is 5.90. The molecule has 0 atom stereocenters. The number of anilines is 1. The first kappa shape index (κ1) is 14.1. The van der Waals surface area contributed by atoms with Crippen molar-refractivity contribution < 1.29 is 9.90 Å². The number of rotatable bonds is 3. The normalized spacial score (nSPS) is 9.28. The van der Waals surface area contributed by atoms with Crippen molar-refractivity contribution >= 4 is 11.7 Å². The lowest BCUT2D eigenvalue weighted by Gasteiger charge is -2.09. The Bertz CT molecular complexity index is 472. The van der Waals surface area contributed by atoms with Gasteiger partial charge in [0.1, 0.15) is 6.61 Å². The van der Waals surface area contributed by atoms with Gasteiger partial charge < -0.3 is 15.7 Å². The topological polar surface area (TPSA) is 61.4 Å². The Morgan fingerprint density at radius 2 is 2.22 bits per heavy atom. The minimum absolute atomic E-state index is 0.199. The van der Waals surface area contributed by atoms with Gasteiger partial charge in [-0.05, 0) is 31.0 Å². The summed E-state index contributed by atoms with van der Waals surface area (Å²) in [6, 6.07) is 5.34. The number of aliphatic hydroxyl groups excluding tert-OH is 1. The molecule has 0 unspecified atom stereocenters. The Hall–Kier alpha value is -1.99. The van der Waals surface area contributed by atoms with Crippen LogP contribution in [0.1, 0.15) is 24.5 Å². The maximum atomic E-state index is 11.6. The van der Waals surface area contributed by atoms with Crippen LogP contribution < -0.4 is 10.6 Å². The van der Waals surface area contributed by atoms with Gasteiger partial charge in [-0.15, -0.1) is 0 Å². The van der Waals surface area contributed by atoms with Crippen molar-refractivity contribution in [3.63, 3.8) is 0 Å². The van der Waals surface area contributed by atoms with Gasteiger partial charge in [0.15, 0.2) is 0 Å². The highest BCUT2D eigenvalue weighted by atomic mass is 16.2. The first-order valence-electron chi connectivity index (χ1n) is 5.92. The fourth-order valence-corrected chi connectivity index (χ4v) is 1.41. The molecule has 96 valence electrons. The summed E-state index contributed by atoms with van der Waals surface area (Å²) in [6.07, 6.45) is 0.887. The Morgan fingerprint density at radius 1 is 1.44 bits per heavy atom. The lowest BCUT2D eigenvalue weighted by molar-refractivity contribution is 0.252. The summed E-state index contributed by atoms with van der Waals surface area (Å²) < 4.78 is 0. The maximum Gasteiger partial charge on any atom is 0.319 e. The van der Waals surface area contributed by atoms with Gasteiger partial charge in [0, 0.05) is 12.1 Å². The van der Waals surface area contributed by atoms with Crippen LogP contribution in [0.2, 0.25) is 0 Å². The smallest absolute Gasteiger partial charge is 0.319 e. The van der Waals surface area contributed by atoms with E-state index in [1.165, 1.54) is 0 Å². The highest BCUT2D eigenvalue weighted by Gasteiger charge is 2.04. The van der Waals surface area contributed by atoms with Gasteiger partial charge in [0.2, 0.25) is 0 Å².